The van der Waals surface area contributed by atoms with Crippen molar-refractivity contribution >= 4 is 60.8 Å². The van der Waals surface area contributed by atoms with E-state index in [1.807, 2.05) is 6.92 Å². The monoisotopic (exact) mass is 334 g/mol. The number of carboxylic acids is 2. The second-order valence-corrected chi connectivity index (χ2v) is 3.02. The van der Waals surface area contributed by atoms with Crippen LogP contribution in [0.1, 0.15) is 19.9 Å². The first-order valence-electron chi connectivity index (χ1n) is 4.04. The maximum absolute atomic E-state index is 10.6. The minimum atomic E-state index is -1.48. The summed E-state index contributed by atoms with van der Waals surface area (Å²) in [5.41, 5.74) is 1.25. The van der Waals surface area contributed by atoms with Gasteiger partial charge < -0.3 is 13.1 Å². The van der Waals surface area contributed by atoms with Crippen LogP contribution in [0.15, 0.2) is 24.3 Å². The van der Waals surface area contributed by atoms with Crippen molar-refractivity contribution in [2.75, 3.05) is 0 Å². The van der Waals surface area contributed by atoms with Gasteiger partial charge in [0.2, 0.25) is 0 Å². The maximum Gasteiger partial charge on any atom is 2.00 e. The summed E-state index contributed by atoms with van der Waals surface area (Å²) in [7, 11) is 0. The van der Waals surface area contributed by atoms with Crippen LogP contribution >= 0.6 is 0 Å². The van der Waals surface area contributed by atoms with Crippen LogP contribution in [-0.2, 0) is 9.59 Å². The Hall–Kier alpha value is -0.269. The van der Waals surface area contributed by atoms with Crippen molar-refractivity contribution in [3.63, 3.8) is 0 Å². The SMILES string of the molecule is Cc1ccc(C(C(=O)O)C(=O)O)cc1.[Ba+2].[H-].[H-]. The van der Waals surface area contributed by atoms with Gasteiger partial charge in [0.05, 0.1) is 0 Å². The molecule has 0 atom stereocenters. The molecule has 0 unspecified atom stereocenters. The van der Waals surface area contributed by atoms with E-state index in [1.54, 1.807) is 12.1 Å². The molecule has 1 aromatic rings. The standard InChI is InChI=1S/C10H10O4.Ba.2H/c1-6-2-4-7(5-3-6)8(9(11)12)10(13)14;;;/h2-5,8H,1H3,(H,11,12)(H,13,14);;;/q;+2;2*-1. The summed E-state index contributed by atoms with van der Waals surface area (Å²) in [6, 6.07) is 6.41. The van der Waals surface area contributed by atoms with Gasteiger partial charge in [0.1, 0.15) is 0 Å². The van der Waals surface area contributed by atoms with Crippen LogP contribution < -0.4 is 0 Å². The summed E-state index contributed by atoms with van der Waals surface area (Å²) < 4.78 is 0. The Kier molecular flexibility index (Phi) is 6.23. The Morgan fingerprint density at radius 2 is 1.53 bits per heavy atom. The van der Waals surface area contributed by atoms with Gasteiger partial charge in [-0.25, -0.2) is 0 Å². The smallest absolute Gasteiger partial charge is 1.00 e. The molecule has 1 rings (SSSR count). The molecule has 5 heteroatoms. The van der Waals surface area contributed by atoms with Crippen LogP contribution in [0.5, 0.6) is 0 Å². The first kappa shape index (κ1) is 14.7. The molecular formula is C10H12BaO4. The zero-order valence-electron chi connectivity index (χ0n) is 10.3. The number of rotatable bonds is 3. The molecule has 0 aliphatic carbocycles. The molecule has 0 saturated heterocycles. The van der Waals surface area contributed by atoms with Gasteiger partial charge in [0, 0.05) is 0 Å². The molecule has 15 heavy (non-hydrogen) atoms. The van der Waals surface area contributed by atoms with Gasteiger partial charge in [-0.1, -0.05) is 29.8 Å². The molecule has 0 spiro atoms. The molecule has 0 saturated carbocycles. The van der Waals surface area contributed by atoms with E-state index in [2.05, 4.69) is 0 Å². The van der Waals surface area contributed by atoms with E-state index in [1.165, 1.54) is 12.1 Å². The van der Waals surface area contributed by atoms with Gasteiger partial charge in [-0.3, -0.25) is 9.59 Å². The van der Waals surface area contributed by atoms with E-state index in [0.29, 0.717) is 0 Å². The van der Waals surface area contributed by atoms with Gasteiger partial charge in [-0.2, -0.15) is 0 Å². The predicted molar refractivity (Wildman–Crippen MR) is 57.2 cm³/mol. The van der Waals surface area contributed by atoms with Gasteiger partial charge in [0.15, 0.2) is 5.92 Å². The van der Waals surface area contributed by atoms with E-state index in [4.69, 9.17) is 10.2 Å². The Balaban J connectivity index is -0.000000653. The van der Waals surface area contributed by atoms with E-state index < -0.39 is 17.9 Å². The summed E-state index contributed by atoms with van der Waals surface area (Å²) in [5.74, 6) is -4.17. The molecule has 0 aliphatic rings. The third kappa shape index (κ3) is 4.00. The van der Waals surface area contributed by atoms with Gasteiger partial charge in [-0.15, -0.1) is 0 Å². The first-order chi connectivity index (χ1) is 6.52. The van der Waals surface area contributed by atoms with E-state index in [9.17, 15) is 9.59 Å². The molecule has 0 aliphatic heterocycles. The van der Waals surface area contributed by atoms with Crippen molar-refractivity contribution in [1.29, 1.82) is 0 Å². The molecule has 0 amide bonds. The van der Waals surface area contributed by atoms with Crippen LogP contribution in [0.4, 0.5) is 0 Å². The molecular weight excluding hydrogens is 321 g/mol. The molecule has 2 N–H and O–H groups in total. The minimum absolute atomic E-state index is 0. The summed E-state index contributed by atoms with van der Waals surface area (Å²) in [6.07, 6.45) is 0. The van der Waals surface area contributed by atoms with E-state index in [-0.39, 0.29) is 57.3 Å². The van der Waals surface area contributed by atoms with Crippen molar-refractivity contribution in [3.05, 3.63) is 35.4 Å². The van der Waals surface area contributed by atoms with Crippen molar-refractivity contribution < 1.29 is 22.7 Å². The minimum Gasteiger partial charge on any atom is -1.00 e. The molecule has 1 aromatic carbocycles. The number of aliphatic carboxylic acids is 2. The molecule has 0 heterocycles. The van der Waals surface area contributed by atoms with Gasteiger partial charge in [-0.05, 0) is 12.5 Å². The molecule has 0 radical (unpaired) electrons. The Labute approximate surface area is 130 Å². The van der Waals surface area contributed by atoms with Crippen molar-refractivity contribution in [3.8, 4) is 0 Å². The van der Waals surface area contributed by atoms with Crippen LogP contribution in [0.2, 0.25) is 0 Å². The third-order valence-corrected chi connectivity index (χ3v) is 1.90. The van der Waals surface area contributed by atoms with Gasteiger partial charge >= 0.3 is 60.8 Å². The zero-order valence-corrected chi connectivity index (χ0v) is 12.7. The van der Waals surface area contributed by atoms with Crippen molar-refractivity contribution in [2.24, 2.45) is 0 Å². The fraction of sp³-hybridized carbons (Fsp3) is 0.200. The summed E-state index contributed by atoms with van der Waals surface area (Å²) in [5, 5.41) is 17.4. The quantitative estimate of drug-likeness (QED) is 0.641. The molecule has 0 aromatic heterocycles. The second kappa shape index (κ2) is 6.34. The Morgan fingerprint density at radius 1 is 1.13 bits per heavy atom. The van der Waals surface area contributed by atoms with Gasteiger partial charge in [0.25, 0.3) is 0 Å². The molecule has 0 fully saturated rings. The fourth-order valence-electron chi connectivity index (χ4n) is 1.15. The summed E-state index contributed by atoms with van der Waals surface area (Å²) in [4.78, 5) is 21.3. The number of aryl methyl sites for hydroxylation is 1. The predicted octanol–water partition coefficient (Wildman–Crippen LogP) is 1.09. The fourth-order valence-corrected chi connectivity index (χ4v) is 1.15. The topological polar surface area (TPSA) is 74.6 Å². The largest absolute Gasteiger partial charge is 2.00 e. The van der Waals surface area contributed by atoms with Crippen LogP contribution in [0.3, 0.4) is 0 Å². The number of carbonyl (C=O) groups is 2. The summed E-state index contributed by atoms with van der Waals surface area (Å²) >= 11 is 0. The van der Waals surface area contributed by atoms with Crippen LogP contribution in [0, 0.1) is 6.92 Å². The molecule has 78 valence electrons. The summed E-state index contributed by atoms with van der Waals surface area (Å²) in [6.45, 7) is 1.85. The van der Waals surface area contributed by atoms with Crippen LogP contribution in [0.25, 0.3) is 0 Å². The molecule has 4 nitrogen and oxygen atoms in total. The van der Waals surface area contributed by atoms with Crippen molar-refractivity contribution in [1.82, 2.24) is 0 Å². The van der Waals surface area contributed by atoms with E-state index >= 15 is 0 Å². The normalized spacial score (nSPS) is 9.47. The zero-order chi connectivity index (χ0) is 10.7. The van der Waals surface area contributed by atoms with Crippen molar-refractivity contribution in [2.45, 2.75) is 12.8 Å². The van der Waals surface area contributed by atoms with Crippen LogP contribution in [-0.4, -0.2) is 71.0 Å². The molecule has 0 bridgehead atoms. The average molecular weight is 334 g/mol. The second-order valence-electron chi connectivity index (χ2n) is 3.02. The maximum atomic E-state index is 10.6. The third-order valence-electron chi connectivity index (χ3n) is 1.90. The van der Waals surface area contributed by atoms with E-state index in [0.717, 1.165) is 5.56 Å². The number of carboxylic acid groups (broad SMARTS) is 2. The Bertz CT molecular complexity index is 353. The Morgan fingerprint density at radius 3 is 1.87 bits per heavy atom. The number of hydrogen-bond donors (Lipinski definition) is 2. The average Bonchev–Trinajstić information content (AvgIpc) is 2.07. The number of hydrogen-bond acceptors (Lipinski definition) is 2. The first-order valence-corrected chi connectivity index (χ1v) is 4.04. The number of benzene rings is 1.